The van der Waals surface area contributed by atoms with Crippen molar-refractivity contribution in [2.45, 2.75) is 13.1 Å². The van der Waals surface area contributed by atoms with Gasteiger partial charge >= 0.3 is 5.69 Å². The quantitative estimate of drug-likeness (QED) is 0.522. The van der Waals surface area contributed by atoms with Crippen LogP contribution in [0.5, 0.6) is 11.5 Å². The molecule has 4 aromatic rings. The minimum Gasteiger partial charge on any atom is -0.454 e. The van der Waals surface area contributed by atoms with E-state index in [-0.39, 0.29) is 25.5 Å². The molecule has 2 aromatic heterocycles. The Morgan fingerprint density at radius 3 is 2.57 bits per heavy atom. The van der Waals surface area contributed by atoms with Gasteiger partial charge < -0.3 is 9.47 Å². The third-order valence-corrected chi connectivity index (χ3v) is 4.99. The van der Waals surface area contributed by atoms with Gasteiger partial charge in [-0.25, -0.2) is 14.2 Å². The summed E-state index contributed by atoms with van der Waals surface area (Å²) in [5.41, 5.74) is 0.624. The molecule has 8 heteroatoms. The van der Waals surface area contributed by atoms with E-state index in [1.807, 2.05) is 0 Å². The number of hydrogen-bond donors (Lipinski definition) is 0. The van der Waals surface area contributed by atoms with Crippen LogP contribution in [0.15, 0.2) is 70.4 Å². The number of rotatable bonds is 4. The van der Waals surface area contributed by atoms with Crippen LogP contribution in [0.2, 0.25) is 0 Å². The summed E-state index contributed by atoms with van der Waals surface area (Å²) >= 11 is 0. The lowest BCUT2D eigenvalue weighted by Crippen LogP contribution is -2.40. The molecular formula is C22H16FN3O4. The summed E-state index contributed by atoms with van der Waals surface area (Å²) in [7, 11) is 0. The monoisotopic (exact) mass is 405 g/mol. The van der Waals surface area contributed by atoms with Gasteiger partial charge in [0, 0.05) is 6.20 Å². The Kier molecular flexibility index (Phi) is 4.31. The highest BCUT2D eigenvalue weighted by Gasteiger charge is 2.17. The lowest BCUT2D eigenvalue weighted by atomic mass is 10.2. The number of benzene rings is 2. The summed E-state index contributed by atoms with van der Waals surface area (Å²) < 4.78 is 26.9. The van der Waals surface area contributed by atoms with Gasteiger partial charge in [0.15, 0.2) is 11.5 Å². The van der Waals surface area contributed by atoms with Gasteiger partial charge in [-0.05, 0) is 47.5 Å². The molecule has 3 heterocycles. The van der Waals surface area contributed by atoms with Gasteiger partial charge in [-0.15, -0.1) is 0 Å². The van der Waals surface area contributed by atoms with Gasteiger partial charge in [0.1, 0.15) is 11.5 Å². The third kappa shape index (κ3) is 3.12. The Morgan fingerprint density at radius 1 is 0.900 bits per heavy atom. The second-order valence-electron chi connectivity index (χ2n) is 6.95. The zero-order valence-corrected chi connectivity index (χ0v) is 15.7. The number of halogens is 1. The molecule has 0 fully saturated rings. The predicted molar refractivity (Wildman–Crippen MR) is 107 cm³/mol. The lowest BCUT2D eigenvalue weighted by Gasteiger charge is -2.14. The van der Waals surface area contributed by atoms with E-state index in [1.165, 1.54) is 22.9 Å². The highest BCUT2D eigenvalue weighted by molar-refractivity contribution is 5.73. The van der Waals surface area contributed by atoms with Gasteiger partial charge in [-0.2, -0.15) is 0 Å². The maximum Gasteiger partial charge on any atom is 0.333 e. The Labute approximate surface area is 169 Å². The molecule has 2 aromatic carbocycles. The average molecular weight is 405 g/mol. The van der Waals surface area contributed by atoms with Crippen LogP contribution in [0.3, 0.4) is 0 Å². The largest absolute Gasteiger partial charge is 0.454 e. The van der Waals surface area contributed by atoms with Gasteiger partial charge in [-0.3, -0.25) is 13.9 Å². The van der Waals surface area contributed by atoms with Gasteiger partial charge in [0.2, 0.25) is 6.79 Å². The maximum atomic E-state index is 13.6. The molecule has 0 radical (unpaired) electrons. The van der Waals surface area contributed by atoms with Gasteiger partial charge in [0.25, 0.3) is 5.56 Å². The molecule has 0 saturated heterocycles. The summed E-state index contributed by atoms with van der Waals surface area (Å²) in [6.45, 7) is 0.286. The first-order valence-electron chi connectivity index (χ1n) is 9.31. The van der Waals surface area contributed by atoms with E-state index >= 15 is 0 Å². The smallest absolute Gasteiger partial charge is 0.333 e. The summed E-state index contributed by atoms with van der Waals surface area (Å²) in [5, 5.41) is 0.314. The van der Waals surface area contributed by atoms with Crippen molar-refractivity contribution in [1.82, 2.24) is 14.1 Å². The second-order valence-corrected chi connectivity index (χ2v) is 6.95. The molecule has 0 N–H and O–H groups in total. The topological polar surface area (TPSA) is 75.4 Å². The van der Waals surface area contributed by atoms with Crippen LogP contribution in [0.4, 0.5) is 4.39 Å². The molecule has 0 amide bonds. The molecule has 0 aliphatic carbocycles. The van der Waals surface area contributed by atoms with Crippen LogP contribution >= 0.6 is 0 Å². The van der Waals surface area contributed by atoms with E-state index < -0.39 is 17.1 Å². The Hall–Kier alpha value is -3.94. The molecule has 0 saturated carbocycles. The number of hydrogen-bond acceptors (Lipinski definition) is 5. The normalized spacial score (nSPS) is 12.4. The zero-order valence-electron chi connectivity index (χ0n) is 15.7. The van der Waals surface area contributed by atoms with Crippen LogP contribution in [0.25, 0.3) is 11.0 Å². The van der Waals surface area contributed by atoms with Crippen molar-refractivity contribution in [2.75, 3.05) is 6.79 Å². The first-order chi connectivity index (χ1) is 14.6. The highest BCUT2D eigenvalue weighted by Crippen LogP contribution is 2.32. The van der Waals surface area contributed by atoms with Crippen LogP contribution in [-0.4, -0.2) is 20.9 Å². The fourth-order valence-corrected chi connectivity index (χ4v) is 3.57. The highest BCUT2D eigenvalue weighted by atomic mass is 19.1. The molecule has 0 bridgehead atoms. The Bertz CT molecular complexity index is 1390. The van der Waals surface area contributed by atoms with Gasteiger partial charge in [0.05, 0.1) is 18.5 Å². The van der Waals surface area contributed by atoms with E-state index in [4.69, 9.17) is 9.47 Å². The standard InChI is InChI=1S/C22H16FN3O4/c23-16-4-1-3-14(9-16)11-25-20-17(5-2-8-24-20)21(27)26(22(25)28)12-15-6-7-18-19(10-15)30-13-29-18/h1-10H,11-13H2. The van der Waals surface area contributed by atoms with Crippen molar-refractivity contribution in [1.29, 1.82) is 0 Å². The molecule has 30 heavy (non-hydrogen) atoms. The second kappa shape index (κ2) is 7.14. The van der Waals surface area contributed by atoms with Crippen molar-refractivity contribution in [2.24, 2.45) is 0 Å². The molecule has 150 valence electrons. The SMILES string of the molecule is O=c1c2cccnc2n(Cc2cccc(F)c2)c(=O)n1Cc1ccc2c(c1)OCO2. The fourth-order valence-electron chi connectivity index (χ4n) is 3.57. The third-order valence-electron chi connectivity index (χ3n) is 4.99. The van der Waals surface area contributed by atoms with Crippen LogP contribution < -0.4 is 20.7 Å². The van der Waals surface area contributed by atoms with Gasteiger partial charge in [-0.1, -0.05) is 18.2 Å². The maximum absolute atomic E-state index is 13.6. The lowest BCUT2D eigenvalue weighted by molar-refractivity contribution is 0.174. The molecule has 1 aliphatic heterocycles. The molecule has 0 unspecified atom stereocenters. The van der Waals surface area contributed by atoms with Crippen LogP contribution in [-0.2, 0) is 13.1 Å². The zero-order chi connectivity index (χ0) is 20.7. The number of aromatic nitrogens is 3. The minimum absolute atomic E-state index is 0.0578. The van der Waals surface area contributed by atoms with Crippen LogP contribution in [0, 0.1) is 5.82 Å². The average Bonchev–Trinajstić information content (AvgIpc) is 3.22. The Morgan fingerprint density at radius 2 is 1.70 bits per heavy atom. The van der Waals surface area contributed by atoms with E-state index in [2.05, 4.69) is 4.98 Å². The van der Waals surface area contributed by atoms with Crippen molar-refractivity contribution >= 4 is 11.0 Å². The number of ether oxygens (including phenoxy) is 2. The number of fused-ring (bicyclic) bond motifs is 2. The van der Waals surface area contributed by atoms with Crippen molar-refractivity contribution in [3.63, 3.8) is 0 Å². The summed E-state index contributed by atoms with van der Waals surface area (Å²) in [6.07, 6.45) is 1.52. The van der Waals surface area contributed by atoms with E-state index in [0.29, 0.717) is 22.4 Å². The van der Waals surface area contributed by atoms with Crippen molar-refractivity contribution in [3.8, 4) is 11.5 Å². The first kappa shape index (κ1) is 18.1. The fraction of sp³-hybridized carbons (Fsp3) is 0.136. The van der Waals surface area contributed by atoms with Crippen molar-refractivity contribution in [3.05, 3.63) is 98.6 Å². The number of nitrogens with zero attached hydrogens (tertiary/aromatic N) is 3. The van der Waals surface area contributed by atoms with E-state index in [9.17, 15) is 14.0 Å². The molecule has 0 spiro atoms. The molecule has 0 atom stereocenters. The minimum atomic E-state index is -0.520. The predicted octanol–water partition coefficient (Wildman–Crippen LogP) is 2.52. The molecule has 5 rings (SSSR count). The molecular weight excluding hydrogens is 389 g/mol. The summed E-state index contributed by atoms with van der Waals surface area (Å²) in [6, 6.07) is 14.5. The summed E-state index contributed by atoms with van der Waals surface area (Å²) in [4.78, 5) is 30.5. The van der Waals surface area contributed by atoms with Crippen LogP contribution in [0.1, 0.15) is 11.1 Å². The number of pyridine rings is 1. The van der Waals surface area contributed by atoms with E-state index in [1.54, 1.807) is 42.5 Å². The summed E-state index contributed by atoms with van der Waals surface area (Å²) in [5.74, 6) is 0.798. The molecule has 7 nitrogen and oxygen atoms in total. The van der Waals surface area contributed by atoms with E-state index in [0.717, 1.165) is 10.1 Å². The molecule has 1 aliphatic rings. The Balaban J connectivity index is 1.65. The van der Waals surface area contributed by atoms with Crippen molar-refractivity contribution < 1.29 is 13.9 Å². The first-order valence-corrected chi connectivity index (χ1v) is 9.31.